The number of para-hydroxylation sites is 1. The topological polar surface area (TPSA) is 68.2 Å². The van der Waals surface area contributed by atoms with Gasteiger partial charge in [-0.3, -0.25) is 0 Å². The van der Waals surface area contributed by atoms with Crippen molar-refractivity contribution in [2.45, 2.75) is 51.4 Å². The van der Waals surface area contributed by atoms with Crippen LogP contribution in [0.5, 0.6) is 5.75 Å². The molecule has 1 N–H and O–H groups in total. The number of methoxy groups -OCH3 is 1. The Hall–Kier alpha value is -1.79. The van der Waals surface area contributed by atoms with Crippen molar-refractivity contribution in [3.8, 4) is 5.75 Å². The molecule has 0 spiro atoms. The van der Waals surface area contributed by atoms with Gasteiger partial charge in [-0.1, -0.05) is 18.2 Å². The standard InChI is InChI=1S/C19H29NO5/c1-19(2,3)25-18(22)20-11-9-14(10-12-20)24-17(13-21)15-7-5-6-8-16(15)23-4/h5-8,14,17,21H,9-13H2,1-4H3. The van der Waals surface area contributed by atoms with E-state index in [0.29, 0.717) is 31.7 Å². The van der Waals surface area contributed by atoms with Crippen LogP contribution in [0.4, 0.5) is 4.79 Å². The summed E-state index contributed by atoms with van der Waals surface area (Å²) in [6, 6.07) is 7.53. The van der Waals surface area contributed by atoms with E-state index < -0.39 is 11.7 Å². The van der Waals surface area contributed by atoms with Crippen molar-refractivity contribution in [3.63, 3.8) is 0 Å². The Balaban J connectivity index is 1.91. The summed E-state index contributed by atoms with van der Waals surface area (Å²) in [4.78, 5) is 13.8. The number of hydrogen-bond acceptors (Lipinski definition) is 5. The van der Waals surface area contributed by atoms with Gasteiger partial charge in [-0.15, -0.1) is 0 Å². The molecule has 1 heterocycles. The van der Waals surface area contributed by atoms with Crippen LogP contribution >= 0.6 is 0 Å². The van der Waals surface area contributed by atoms with Crippen molar-refractivity contribution in [2.24, 2.45) is 0 Å². The summed E-state index contributed by atoms with van der Waals surface area (Å²) in [6.07, 6.45) is 0.694. The molecule has 2 rings (SSSR count). The lowest BCUT2D eigenvalue weighted by Gasteiger charge is -2.34. The fourth-order valence-corrected chi connectivity index (χ4v) is 2.88. The van der Waals surface area contributed by atoms with Crippen LogP contribution in [0.25, 0.3) is 0 Å². The second kappa shape index (κ2) is 8.54. The zero-order valence-electron chi connectivity index (χ0n) is 15.5. The van der Waals surface area contributed by atoms with Gasteiger partial charge in [0.1, 0.15) is 17.5 Å². The Morgan fingerprint density at radius 2 is 1.92 bits per heavy atom. The first kappa shape index (κ1) is 19.5. The van der Waals surface area contributed by atoms with Crippen LogP contribution in [-0.2, 0) is 9.47 Å². The van der Waals surface area contributed by atoms with Gasteiger partial charge >= 0.3 is 6.09 Å². The molecule has 0 aromatic heterocycles. The minimum Gasteiger partial charge on any atom is -0.496 e. The zero-order valence-corrected chi connectivity index (χ0v) is 15.5. The highest BCUT2D eigenvalue weighted by Gasteiger charge is 2.29. The van der Waals surface area contributed by atoms with Crippen molar-refractivity contribution in [1.82, 2.24) is 4.90 Å². The van der Waals surface area contributed by atoms with Crippen molar-refractivity contribution in [1.29, 1.82) is 0 Å². The van der Waals surface area contributed by atoms with Gasteiger partial charge in [-0.25, -0.2) is 4.79 Å². The maximum Gasteiger partial charge on any atom is 0.410 e. The lowest BCUT2D eigenvalue weighted by Crippen LogP contribution is -2.43. The first-order valence-electron chi connectivity index (χ1n) is 8.71. The van der Waals surface area contributed by atoms with Gasteiger partial charge in [0.05, 0.1) is 19.8 Å². The largest absolute Gasteiger partial charge is 0.496 e. The number of carbonyl (C=O) groups excluding carboxylic acids is 1. The van der Waals surface area contributed by atoms with Crippen LogP contribution in [0.2, 0.25) is 0 Å². The molecule has 0 saturated carbocycles. The van der Waals surface area contributed by atoms with Gasteiger partial charge in [-0.2, -0.15) is 0 Å². The Kier molecular flexibility index (Phi) is 6.67. The molecule has 1 saturated heterocycles. The average molecular weight is 351 g/mol. The maximum absolute atomic E-state index is 12.1. The summed E-state index contributed by atoms with van der Waals surface area (Å²) in [5.41, 5.74) is 0.345. The quantitative estimate of drug-likeness (QED) is 0.883. The summed E-state index contributed by atoms with van der Waals surface area (Å²) in [5.74, 6) is 0.702. The zero-order chi connectivity index (χ0) is 18.4. The Labute approximate surface area is 149 Å². The van der Waals surface area contributed by atoms with E-state index >= 15 is 0 Å². The van der Waals surface area contributed by atoms with Gasteiger partial charge in [0.15, 0.2) is 0 Å². The molecule has 1 atom stereocenters. The molecule has 1 unspecified atom stereocenters. The molecule has 6 heteroatoms. The molecule has 1 fully saturated rings. The number of likely N-dealkylation sites (tertiary alicyclic amines) is 1. The molecule has 1 aromatic carbocycles. The molecule has 1 aliphatic heterocycles. The Morgan fingerprint density at radius 3 is 2.48 bits per heavy atom. The smallest absolute Gasteiger partial charge is 0.410 e. The van der Waals surface area contributed by atoms with E-state index in [0.717, 1.165) is 5.56 Å². The number of aliphatic hydroxyl groups is 1. The fourth-order valence-electron chi connectivity index (χ4n) is 2.88. The minimum absolute atomic E-state index is 0.0132. The number of amides is 1. The molecule has 140 valence electrons. The molecule has 0 radical (unpaired) electrons. The van der Waals surface area contributed by atoms with Gasteiger partial charge in [0, 0.05) is 18.7 Å². The molecule has 0 aliphatic carbocycles. The number of ether oxygens (including phenoxy) is 3. The number of rotatable bonds is 5. The molecule has 6 nitrogen and oxygen atoms in total. The Morgan fingerprint density at radius 1 is 1.28 bits per heavy atom. The van der Waals surface area contributed by atoms with Crippen LogP contribution in [0, 0.1) is 0 Å². The van der Waals surface area contributed by atoms with E-state index in [2.05, 4.69) is 0 Å². The summed E-state index contributed by atoms with van der Waals surface area (Å²) in [5, 5.41) is 9.73. The third kappa shape index (κ3) is 5.61. The number of nitrogens with zero attached hydrogens (tertiary/aromatic N) is 1. The monoisotopic (exact) mass is 351 g/mol. The predicted octanol–water partition coefficient (Wildman–Crippen LogP) is 3.14. The first-order valence-corrected chi connectivity index (χ1v) is 8.71. The molecular formula is C19H29NO5. The normalized spacial score (nSPS) is 17.2. The third-order valence-corrected chi connectivity index (χ3v) is 4.10. The van der Waals surface area contributed by atoms with Gasteiger partial charge in [-0.05, 0) is 39.7 Å². The lowest BCUT2D eigenvalue weighted by molar-refractivity contribution is -0.0667. The molecule has 0 bridgehead atoms. The van der Waals surface area contributed by atoms with E-state index in [1.165, 1.54) is 0 Å². The molecule has 1 aliphatic rings. The number of carbonyl (C=O) groups is 1. The lowest BCUT2D eigenvalue weighted by atomic mass is 10.1. The minimum atomic E-state index is -0.490. The molecular weight excluding hydrogens is 322 g/mol. The van der Waals surface area contributed by atoms with Gasteiger partial charge < -0.3 is 24.2 Å². The van der Waals surface area contributed by atoms with Crippen LogP contribution in [0.15, 0.2) is 24.3 Å². The number of hydrogen-bond donors (Lipinski definition) is 1. The molecule has 25 heavy (non-hydrogen) atoms. The van der Waals surface area contributed by atoms with E-state index in [4.69, 9.17) is 14.2 Å². The van der Waals surface area contributed by atoms with E-state index in [1.807, 2.05) is 45.0 Å². The second-order valence-corrected chi connectivity index (χ2v) is 7.22. The highest BCUT2D eigenvalue weighted by atomic mass is 16.6. The summed E-state index contributed by atoms with van der Waals surface area (Å²) in [7, 11) is 1.60. The van der Waals surface area contributed by atoms with Gasteiger partial charge in [0.25, 0.3) is 0 Å². The summed E-state index contributed by atoms with van der Waals surface area (Å²) < 4.78 is 16.8. The highest BCUT2D eigenvalue weighted by Crippen LogP contribution is 2.30. The number of aliphatic hydroxyl groups excluding tert-OH is 1. The molecule has 1 amide bonds. The van der Waals surface area contributed by atoms with E-state index in [9.17, 15) is 9.90 Å². The number of benzene rings is 1. The fraction of sp³-hybridized carbons (Fsp3) is 0.632. The van der Waals surface area contributed by atoms with Crippen molar-refractivity contribution in [2.75, 3.05) is 26.8 Å². The highest BCUT2D eigenvalue weighted by molar-refractivity contribution is 5.68. The summed E-state index contributed by atoms with van der Waals surface area (Å²) in [6.45, 7) is 6.64. The second-order valence-electron chi connectivity index (χ2n) is 7.22. The molecule has 1 aromatic rings. The number of piperidine rings is 1. The van der Waals surface area contributed by atoms with Gasteiger partial charge in [0.2, 0.25) is 0 Å². The van der Waals surface area contributed by atoms with Crippen LogP contribution in [-0.4, -0.2) is 54.6 Å². The maximum atomic E-state index is 12.1. The van der Waals surface area contributed by atoms with Crippen molar-refractivity contribution in [3.05, 3.63) is 29.8 Å². The van der Waals surface area contributed by atoms with Crippen molar-refractivity contribution >= 4 is 6.09 Å². The van der Waals surface area contributed by atoms with E-state index in [1.54, 1.807) is 12.0 Å². The average Bonchev–Trinajstić information content (AvgIpc) is 2.58. The Bertz CT molecular complexity index is 561. The van der Waals surface area contributed by atoms with Crippen LogP contribution < -0.4 is 4.74 Å². The third-order valence-electron chi connectivity index (χ3n) is 4.10. The SMILES string of the molecule is COc1ccccc1C(CO)OC1CCN(C(=O)OC(C)(C)C)CC1. The summed E-state index contributed by atoms with van der Waals surface area (Å²) >= 11 is 0. The van der Waals surface area contributed by atoms with Crippen LogP contribution in [0.1, 0.15) is 45.3 Å². The predicted molar refractivity (Wildman–Crippen MR) is 94.7 cm³/mol. The first-order chi connectivity index (χ1) is 11.8. The van der Waals surface area contributed by atoms with E-state index in [-0.39, 0.29) is 18.8 Å². The van der Waals surface area contributed by atoms with Crippen LogP contribution in [0.3, 0.4) is 0 Å². The van der Waals surface area contributed by atoms with Crippen molar-refractivity contribution < 1.29 is 24.1 Å².